The highest BCUT2D eigenvalue weighted by molar-refractivity contribution is 5.84. The Morgan fingerprint density at radius 2 is 2.16 bits per heavy atom. The Labute approximate surface area is 146 Å². The van der Waals surface area contributed by atoms with Crippen molar-refractivity contribution >= 4 is 5.91 Å². The SMILES string of the molecule is Cc1ccn(CC(C)(O)C(=O)N2CCC(c3ncc[nH]3)CC2)c(=O)c1. The zero-order valence-corrected chi connectivity index (χ0v) is 14.6. The highest BCUT2D eigenvalue weighted by Gasteiger charge is 2.37. The Kier molecular flexibility index (Phi) is 4.76. The van der Waals surface area contributed by atoms with Gasteiger partial charge in [-0.1, -0.05) is 0 Å². The maximum atomic E-state index is 12.7. The van der Waals surface area contributed by atoms with Crippen LogP contribution < -0.4 is 5.56 Å². The van der Waals surface area contributed by atoms with E-state index in [2.05, 4.69) is 9.97 Å². The Hall–Kier alpha value is -2.41. The summed E-state index contributed by atoms with van der Waals surface area (Å²) in [5, 5.41) is 10.7. The van der Waals surface area contributed by atoms with E-state index in [1.54, 1.807) is 29.6 Å². The molecular formula is C18H24N4O3. The number of nitrogens with one attached hydrogen (secondary N) is 1. The van der Waals surface area contributed by atoms with Crippen molar-refractivity contribution in [3.63, 3.8) is 0 Å². The van der Waals surface area contributed by atoms with Crippen LogP contribution in [0.5, 0.6) is 0 Å². The van der Waals surface area contributed by atoms with Crippen LogP contribution in [0.2, 0.25) is 0 Å². The maximum Gasteiger partial charge on any atom is 0.256 e. The van der Waals surface area contributed by atoms with Gasteiger partial charge in [-0.25, -0.2) is 4.98 Å². The molecule has 2 N–H and O–H groups in total. The van der Waals surface area contributed by atoms with Gasteiger partial charge in [0, 0.05) is 43.7 Å². The lowest BCUT2D eigenvalue weighted by Crippen LogP contribution is -2.52. The number of nitrogens with zero attached hydrogens (tertiary/aromatic N) is 3. The van der Waals surface area contributed by atoms with Gasteiger partial charge < -0.3 is 19.6 Å². The fraction of sp³-hybridized carbons (Fsp3) is 0.500. The van der Waals surface area contributed by atoms with Gasteiger partial charge in [-0.05, 0) is 38.3 Å². The number of carbonyl (C=O) groups is 1. The van der Waals surface area contributed by atoms with E-state index in [4.69, 9.17) is 0 Å². The number of hydrogen-bond acceptors (Lipinski definition) is 4. The summed E-state index contributed by atoms with van der Waals surface area (Å²) in [5.74, 6) is 0.923. The zero-order valence-electron chi connectivity index (χ0n) is 14.6. The average Bonchev–Trinajstić information content (AvgIpc) is 3.11. The monoisotopic (exact) mass is 344 g/mol. The molecule has 1 amide bonds. The molecule has 0 bridgehead atoms. The van der Waals surface area contributed by atoms with Crippen molar-refractivity contribution in [2.75, 3.05) is 13.1 Å². The van der Waals surface area contributed by atoms with Crippen LogP contribution >= 0.6 is 0 Å². The first-order valence-electron chi connectivity index (χ1n) is 8.55. The minimum atomic E-state index is -1.61. The summed E-state index contributed by atoms with van der Waals surface area (Å²) in [6, 6.07) is 3.28. The number of aromatic amines is 1. The molecule has 1 unspecified atom stereocenters. The molecular weight excluding hydrogens is 320 g/mol. The van der Waals surface area contributed by atoms with E-state index in [0.717, 1.165) is 24.2 Å². The fourth-order valence-electron chi connectivity index (χ4n) is 3.33. The molecule has 0 saturated carbocycles. The zero-order chi connectivity index (χ0) is 18.0. The van der Waals surface area contributed by atoms with Crippen molar-refractivity contribution in [3.05, 3.63) is 52.5 Å². The largest absolute Gasteiger partial charge is 0.378 e. The third-order valence-corrected chi connectivity index (χ3v) is 4.78. The molecule has 0 radical (unpaired) electrons. The van der Waals surface area contributed by atoms with E-state index in [0.29, 0.717) is 19.0 Å². The van der Waals surface area contributed by atoms with Crippen LogP contribution in [-0.4, -0.2) is 49.1 Å². The molecule has 7 nitrogen and oxygen atoms in total. The molecule has 1 aliphatic heterocycles. The third-order valence-electron chi connectivity index (χ3n) is 4.78. The van der Waals surface area contributed by atoms with Crippen LogP contribution in [-0.2, 0) is 11.3 Å². The van der Waals surface area contributed by atoms with Gasteiger partial charge in [-0.2, -0.15) is 0 Å². The van der Waals surface area contributed by atoms with Crippen molar-refractivity contribution in [2.24, 2.45) is 0 Å². The number of aromatic nitrogens is 3. The third kappa shape index (κ3) is 3.82. The van der Waals surface area contributed by atoms with Crippen LogP contribution in [0.1, 0.15) is 37.1 Å². The number of aliphatic hydroxyl groups is 1. The van der Waals surface area contributed by atoms with Crippen molar-refractivity contribution in [3.8, 4) is 0 Å². The van der Waals surface area contributed by atoms with Crippen LogP contribution in [0.4, 0.5) is 0 Å². The van der Waals surface area contributed by atoms with E-state index in [1.807, 2.05) is 6.92 Å². The average molecular weight is 344 g/mol. The van der Waals surface area contributed by atoms with Crippen molar-refractivity contribution in [1.29, 1.82) is 0 Å². The van der Waals surface area contributed by atoms with Crippen LogP contribution in [0, 0.1) is 6.92 Å². The summed E-state index contributed by atoms with van der Waals surface area (Å²) in [6.07, 6.45) is 6.76. The van der Waals surface area contributed by atoms with E-state index < -0.39 is 5.60 Å². The molecule has 0 spiro atoms. The number of hydrogen-bond donors (Lipinski definition) is 2. The summed E-state index contributed by atoms with van der Waals surface area (Å²) >= 11 is 0. The van der Waals surface area contributed by atoms with Gasteiger partial charge in [0.15, 0.2) is 5.60 Å². The summed E-state index contributed by atoms with van der Waals surface area (Å²) < 4.78 is 1.38. The Bertz CT molecular complexity index is 787. The first-order valence-corrected chi connectivity index (χ1v) is 8.55. The minimum Gasteiger partial charge on any atom is -0.378 e. The normalized spacial score (nSPS) is 18.1. The highest BCUT2D eigenvalue weighted by atomic mass is 16.3. The van der Waals surface area contributed by atoms with E-state index in [9.17, 15) is 14.7 Å². The van der Waals surface area contributed by atoms with Gasteiger partial charge in [0.05, 0.1) is 6.54 Å². The first kappa shape index (κ1) is 17.4. The highest BCUT2D eigenvalue weighted by Crippen LogP contribution is 2.26. The van der Waals surface area contributed by atoms with Gasteiger partial charge in [0.25, 0.3) is 11.5 Å². The Balaban J connectivity index is 1.64. The predicted octanol–water partition coefficient (Wildman–Crippen LogP) is 1.04. The number of aryl methyl sites for hydroxylation is 1. The molecule has 1 aliphatic rings. The van der Waals surface area contributed by atoms with Crippen LogP contribution in [0.15, 0.2) is 35.5 Å². The first-order chi connectivity index (χ1) is 11.9. The molecule has 3 heterocycles. The number of rotatable bonds is 4. The molecule has 1 saturated heterocycles. The molecule has 0 aromatic carbocycles. The van der Waals surface area contributed by atoms with Crippen molar-refractivity contribution in [2.45, 2.75) is 44.8 Å². The molecule has 1 fully saturated rings. The van der Waals surface area contributed by atoms with Crippen molar-refractivity contribution in [1.82, 2.24) is 19.4 Å². The van der Waals surface area contributed by atoms with Crippen molar-refractivity contribution < 1.29 is 9.90 Å². The van der Waals surface area contributed by atoms with Gasteiger partial charge in [-0.15, -0.1) is 0 Å². The summed E-state index contributed by atoms with van der Waals surface area (Å²) in [4.78, 5) is 33.8. The number of pyridine rings is 1. The molecule has 0 aliphatic carbocycles. The predicted molar refractivity (Wildman–Crippen MR) is 93.2 cm³/mol. The molecule has 7 heteroatoms. The quantitative estimate of drug-likeness (QED) is 0.867. The lowest BCUT2D eigenvalue weighted by atomic mass is 9.94. The second-order valence-corrected chi connectivity index (χ2v) is 6.98. The number of amides is 1. The maximum absolute atomic E-state index is 12.7. The molecule has 134 valence electrons. The second kappa shape index (κ2) is 6.84. The van der Waals surface area contributed by atoms with Gasteiger partial charge in [0.1, 0.15) is 5.82 Å². The number of imidazole rings is 1. The Morgan fingerprint density at radius 1 is 1.44 bits per heavy atom. The van der Waals surface area contributed by atoms with E-state index >= 15 is 0 Å². The number of likely N-dealkylation sites (tertiary alicyclic amines) is 1. The lowest BCUT2D eigenvalue weighted by molar-refractivity contribution is -0.152. The number of H-pyrrole nitrogens is 1. The molecule has 25 heavy (non-hydrogen) atoms. The van der Waals surface area contributed by atoms with E-state index in [1.165, 1.54) is 17.6 Å². The van der Waals surface area contributed by atoms with Gasteiger partial charge in [0.2, 0.25) is 0 Å². The van der Waals surface area contributed by atoms with E-state index in [-0.39, 0.29) is 18.0 Å². The minimum absolute atomic E-state index is 0.0525. The molecule has 3 rings (SSSR count). The topological polar surface area (TPSA) is 91.2 Å². The summed E-state index contributed by atoms with van der Waals surface area (Å²) in [7, 11) is 0. The number of carbonyl (C=O) groups excluding carboxylic acids is 1. The summed E-state index contributed by atoms with van der Waals surface area (Å²) in [6.45, 7) is 4.40. The molecule has 2 aromatic heterocycles. The fourth-order valence-corrected chi connectivity index (χ4v) is 3.33. The lowest BCUT2D eigenvalue weighted by Gasteiger charge is -2.36. The second-order valence-electron chi connectivity index (χ2n) is 6.98. The van der Waals surface area contributed by atoms with Gasteiger partial charge in [-0.3, -0.25) is 9.59 Å². The number of piperidine rings is 1. The standard InChI is InChI=1S/C18H24N4O3/c1-13-3-8-22(15(23)11-13)12-18(2,25)17(24)21-9-4-14(5-10-21)16-19-6-7-20-16/h3,6-8,11,14,25H,4-5,9-10,12H2,1-2H3,(H,19,20). The summed E-state index contributed by atoms with van der Waals surface area (Å²) in [5.41, 5.74) is -0.979. The Morgan fingerprint density at radius 3 is 2.76 bits per heavy atom. The van der Waals surface area contributed by atoms with Gasteiger partial charge >= 0.3 is 0 Å². The van der Waals surface area contributed by atoms with Crippen LogP contribution in [0.25, 0.3) is 0 Å². The molecule has 1 atom stereocenters. The van der Waals surface area contributed by atoms with Crippen LogP contribution in [0.3, 0.4) is 0 Å². The smallest absolute Gasteiger partial charge is 0.256 e. The molecule has 2 aromatic rings.